The summed E-state index contributed by atoms with van der Waals surface area (Å²) in [4.78, 5) is 23.1. The van der Waals surface area contributed by atoms with Gasteiger partial charge >= 0.3 is 0 Å². The van der Waals surface area contributed by atoms with E-state index in [1.165, 1.54) is 0 Å². The number of amides is 2. The first-order valence-corrected chi connectivity index (χ1v) is 6.37. The standard InChI is InChI=1S/C14H18F2N2O2/c1-3-8(2)13(14(17)20)18-12(19)6-9-4-10(15)7-11(16)5-9/h4-5,7-8,13H,3,6H2,1-2H3,(H2,17,20)(H,18,19)/t8-,13-/m1/s1. The van der Waals surface area contributed by atoms with Crippen LogP contribution in [0.5, 0.6) is 0 Å². The summed E-state index contributed by atoms with van der Waals surface area (Å²) in [6.07, 6.45) is 0.456. The molecule has 3 N–H and O–H groups in total. The van der Waals surface area contributed by atoms with Crippen molar-refractivity contribution in [1.29, 1.82) is 0 Å². The van der Waals surface area contributed by atoms with Crippen LogP contribution in [0.15, 0.2) is 18.2 Å². The van der Waals surface area contributed by atoms with Gasteiger partial charge in [-0.2, -0.15) is 0 Å². The zero-order valence-electron chi connectivity index (χ0n) is 11.5. The number of hydrogen-bond acceptors (Lipinski definition) is 2. The molecule has 0 bridgehead atoms. The minimum atomic E-state index is -0.786. The van der Waals surface area contributed by atoms with Crippen LogP contribution in [0.2, 0.25) is 0 Å². The molecule has 2 amide bonds. The Kier molecular flexibility index (Phi) is 5.61. The lowest BCUT2D eigenvalue weighted by molar-refractivity contribution is -0.128. The van der Waals surface area contributed by atoms with E-state index in [-0.39, 0.29) is 17.9 Å². The molecule has 0 spiro atoms. The first-order chi connectivity index (χ1) is 9.33. The van der Waals surface area contributed by atoms with Crippen molar-refractivity contribution in [2.24, 2.45) is 11.7 Å². The number of carbonyl (C=O) groups is 2. The fourth-order valence-electron chi connectivity index (χ4n) is 1.85. The van der Waals surface area contributed by atoms with E-state index in [2.05, 4.69) is 5.32 Å². The fraction of sp³-hybridized carbons (Fsp3) is 0.429. The number of benzene rings is 1. The second kappa shape index (κ2) is 6.98. The summed E-state index contributed by atoms with van der Waals surface area (Å²) in [7, 11) is 0. The van der Waals surface area contributed by atoms with Crippen LogP contribution in [0.3, 0.4) is 0 Å². The Bertz CT molecular complexity index is 486. The van der Waals surface area contributed by atoms with Crippen molar-refractivity contribution < 1.29 is 18.4 Å². The fourth-order valence-corrected chi connectivity index (χ4v) is 1.85. The topological polar surface area (TPSA) is 72.2 Å². The third-order valence-electron chi connectivity index (χ3n) is 3.12. The van der Waals surface area contributed by atoms with Gasteiger partial charge in [-0.1, -0.05) is 20.3 Å². The summed E-state index contributed by atoms with van der Waals surface area (Å²) < 4.78 is 26.0. The van der Waals surface area contributed by atoms with E-state index in [4.69, 9.17) is 5.73 Å². The summed E-state index contributed by atoms with van der Waals surface area (Å²) >= 11 is 0. The predicted molar refractivity (Wildman–Crippen MR) is 70.6 cm³/mol. The average molecular weight is 284 g/mol. The second-order valence-electron chi connectivity index (χ2n) is 4.79. The molecule has 0 aromatic heterocycles. The third-order valence-corrected chi connectivity index (χ3v) is 3.12. The number of primary amides is 1. The second-order valence-corrected chi connectivity index (χ2v) is 4.79. The number of rotatable bonds is 6. The Morgan fingerprint density at radius 1 is 1.25 bits per heavy atom. The molecule has 0 unspecified atom stereocenters. The molecule has 1 aromatic carbocycles. The van der Waals surface area contributed by atoms with Gasteiger partial charge in [0.2, 0.25) is 11.8 Å². The predicted octanol–water partition coefficient (Wildman–Crippen LogP) is 1.52. The van der Waals surface area contributed by atoms with Crippen LogP contribution in [-0.2, 0) is 16.0 Å². The molecule has 0 saturated heterocycles. The molecule has 0 radical (unpaired) electrons. The number of halogens is 2. The largest absolute Gasteiger partial charge is 0.368 e. The molecule has 0 saturated carbocycles. The van der Waals surface area contributed by atoms with Gasteiger partial charge in [-0.05, 0) is 23.6 Å². The van der Waals surface area contributed by atoms with Crippen LogP contribution in [0.25, 0.3) is 0 Å². The Labute approximate surface area is 116 Å². The number of carbonyl (C=O) groups excluding carboxylic acids is 2. The van der Waals surface area contributed by atoms with Crippen molar-refractivity contribution in [3.8, 4) is 0 Å². The van der Waals surface area contributed by atoms with Gasteiger partial charge in [0.25, 0.3) is 0 Å². The van der Waals surface area contributed by atoms with Gasteiger partial charge < -0.3 is 11.1 Å². The first kappa shape index (κ1) is 16.1. The summed E-state index contributed by atoms with van der Waals surface area (Å²) in [5, 5.41) is 2.50. The van der Waals surface area contributed by atoms with Gasteiger partial charge in [0, 0.05) is 6.07 Å². The van der Waals surface area contributed by atoms with Crippen molar-refractivity contribution in [3.05, 3.63) is 35.4 Å². The first-order valence-electron chi connectivity index (χ1n) is 6.37. The summed E-state index contributed by atoms with van der Waals surface area (Å²) in [5.41, 5.74) is 5.43. The van der Waals surface area contributed by atoms with E-state index >= 15 is 0 Å². The van der Waals surface area contributed by atoms with E-state index in [9.17, 15) is 18.4 Å². The van der Waals surface area contributed by atoms with Crippen molar-refractivity contribution in [1.82, 2.24) is 5.32 Å². The monoisotopic (exact) mass is 284 g/mol. The average Bonchev–Trinajstić information content (AvgIpc) is 2.33. The van der Waals surface area contributed by atoms with Gasteiger partial charge in [-0.15, -0.1) is 0 Å². The minimum Gasteiger partial charge on any atom is -0.368 e. The Morgan fingerprint density at radius 3 is 2.25 bits per heavy atom. The molecule has 4 nitrogen and oxygen atoms in total. The molecule has 6 heteroatoms. The molecule has 20 heavy (non-hydrogen) atoms. The lowest BCUT2D eigenvalue weighted by atomic mass is 9.98. The van der Waals surface area contributed by atoms with E-state index in [1.54, 1.807) is 6.92 Å². The maximum absolute atomic E-state index is 13.0. The zero-order chi connectivity index (χ0) is 15.3. The number of hydrogen-bond donors (Lipinski definition) is 2. The highest BCUT2D eigenvalue weighted by atomic mass is 19.1. The normalized spacial score (nSPS) is 13.6. The van der Waals surface area contributed by atoms with E-state index in [0.29, 0.717) is 6.42 Å². The van der Waals surface area contributed by atoms with Gasteiger partial charge in [0.1, 0.15) is 17.7 Å². The van der Waals surface area contributed by atoms with Gasteiger partial charge in [-0.3, -0.25) is 9.59 Å². The molecule has 110 valence electrons. The highest BCUT2D eigenvalue weighted by Crippen LogP contribution is 2.10. The van der Waals surface area contributed by atoms with Crippen molar-refractivity contribution in [3.63, 3.8) is 0 Å². The maximum atomic E-state index is 13.0. The van der Waals surface area contributed by atoms with E-state index in [0.717, 1.165) is 18.2 Å². The molecule has 0 aliphatic heterocycles. The molecule has 0 heterocycles. The Morgan fingerprint density at radius 2 is 1.80 bits per heavy atom. The van der Waals surface area contributed by atoms with Crippen molar-refractivity contribution in [2.75, 3.05) is 0 Å². The minimum absolute atomic E-state index is 0.110. The van der Waals surface area contributed by atoms with Crippen LogP contribution in [0.1, 0.15) is 25.8 Å². The molecule has 1 rings (SSSR count). The Balaban J connectivity index is 2.73. The van der Waals surface area contributed by atoms with Crippen molar-refractivity contribution in [2.45, 2.75) is 32.7 Å². The number of nitrogens with one attached hydrogen (secondary N) is 1. The van der Waals surface area contributed by atoms with Crippen molar-refractivity contribution >= 4 is 11.8 Å². The molecule has 0 aliphatic rings. The molecule has 2 atom stereocenters. The SMILES string of the molecule is CC[C@@H](C)[C@@H](NC(=O)Cc1cc(F)cc(F)c1)C(N)=O. The lowest BCUT2D eigenvalue weighted by Gasteiger charge is -2.21. The molecular formula is C14H18F2N2O2. The quantitative estimate of drug-likeness (QED) is 0.831. The highest BCUT2D eigenvalue weighted by Gasteiger charge is 2.23. The smallest absolute Gasteiger partial charge is 0.240 e. The summed E-state index contributed by atoms with van der Waals surface area (Å²) in [5.74, 6) is -2.74. The maximum Gasteiger partial charge on any atom is 0.240 e. The van der Waals surface area contributed by atoms with Crippen LogP contribution in [-0.4, -0.2) is 17.9 Å². The zero-order valence-corrected chi connectivity index (χ0v) is 11.5. The molecular weight excluding hydrogens is 266 g/mol. The molecule has 0 fully saturated rings. The lowest BCUT2D eigenvalue weighted by Crippen LogP contribution is -2.48. The van der Waals surface area contributed by atoms with E-state index < -0.39 is 29.5 Å². The molecule has 1 aromatic rings. The summed E-state index contributed by atoms with van der Waals surface area (Å²) in [6.45, 7) is 3.66. The van der Waals surface area contributed by atoms with Crippen LogP contribution in [0.4, 0.5) is 8.78 Å². The van der Waals surface area contributed by atoms with Crippen LogP contribution in [0, 0.1) is 17.6 Å². The number of nitrogens with two attached hydrogens (primary N) is 1. The van der Waals surface area contributed by atoms with Gasteiger partial charge in [-0.25, -0.2) is 8.78 Å². The van der Waals surface area contributed by atoms with Crippen LogP contribution < -0.4 is 11.1 Å². The Hall–Kier alpha value is -1.98. The summed E-state index contributed by atoms with van der Waals surface area (Å²) in [6, 6.07) is 2.09. The van der Waals surface area contributed by atoms with Gasteiger partial charge in [0.15, 0.2) is 0 Å². The highest BCUT2D eigenvalue weighted by molar-refractivity contribution is 5.87. The van der Waals surface area contributed by atoms with Gasteiger partial charge in [0.05, 0.1) is 6.42 Å². The van der Waals surface area contributed by atoms with Crippen LogP contribution >= 0.6 is 0 Å². The molecule has 0 aliphatic carbocycles. The third kappa shape index (κ3) is 4.60. The van der Waals surface area contributed by atoms with E-state index in [1.807, 2.05) is 6.92 Å².